The molecule has 2 rings (SSSR count). The summed E-state index contributed by atoms with van der Waals surface area (Å²) in [6.07, 6.45) is 3.52. The second-order valence-electron chi connectivity index (χ2n) is 4.19. The fourth-order valence-electron chi connectivity index (χ4n) is 2.92. The number of hydrogen-bond donors (Lipinski definition) is 1. The van der Waals surface area contributed by atoms with E-state index in [2.05, 4.69) is 0 Å². The largest absolute Gasteiger partial charge is 0.466 e. The Morgan fingerprint density at radius 2 is 2.15 bits per heavy atom. The van der Waals surface area contributed by atoms with Crippen LogP contribution in [-0.2, 0) is 9.53 Å². The van der Waals surface area contributed by atoms with Gasteiger partial charge < -0.3 is 10.5 Å². The summed E-state index contributed by atoms with van der Waals surface area (Å²) in [5.41, 5.74) is 5.99. The highest BCUT2D eigenvalue weighted by Crippen LogP contribution is 2.47. The first kappa shape index (κ1) is 9.00. The minimum atomic E-state index is -0.0674. The maximum Gasteiger partial charge on any atom is 0.310 e. The molecule has 2 fully saturated rings. The molecule has 0 aliphatic heterocycles. The lowest BCUT2D eigenvalue weighted by Crippen LogP contribution is -2.41. The van der Waals surface area contributed by atoms with Crippen LogP contribution in [0.3, 0.4) is 0 Å². The number of hydrogen-bond acceptors (Lipinski definition) is 3. The van der Waals surface area contributed by atoms with Gasteiger partial charge in [0.15, 0.2) is 0 Å². The van der Waals surface area contributed by atoms with E-state index in [-0.39, 0.29) is 17.9 Å². The molecule has 0 aromatic carbocycles. The minimum Gasteiger partial charge on any atom is -0.466 e. The van der Waals surface area contributed by atoms with Gasteiger partial charge in [-0.05, 0) is 38.0 Å². The number of nitrogens with two attached hydrogens (primary N) is 1. The molecule has 0 radical (unpaired) electrons. The molecule has 0 heterocycles. The molecule has 0 spiro atoms. The number of ether oxygens (including phenoxy) is 1. The van der Waals surface area contributed by atoms with Gasteiger partial charge in [0.25, 0.3) is 0 Å². The van der Waals surface area contributed by atoms with Crippen LogP contribution in [0, 0.1) is 17.8 Å². The van der Waals surface area contributed by atoms with Crippen molar-refractivity contribution in [1.29, 1.82) is 0 Å². The van der Waals surface area contributed by atoms with Gasteiger partial charge in [-0.15, -0.1) is 0 Å². The smallest absolute Gasteiger partial charge is 0.310 e. The minimum absolute atomic E-state index is 0.00120. The van der Waals surface area contributed by atoms with Crippen molar-refractivity contribution in [2.45, 2.75) is 32.2 Å². The average molecular weight is 183 g/mol. The van der Waals surface area contributed by atoms with Crippen LogP contribution in [0.2, 0.25) is 0 Å². The van der Waals surface area contributed by atoms with Gasteiger partial charge in [-0.25, -0.2) is 0 Å². The molecule has 2 N–H and O–H groups in total. The predicted octanol–water partition coefficient (Wildman–Crippen LogP) is 0.923. The predicted molar refractivity (Wildman–Crippen MR) is 48.9 cm³/mol. The lowest BCUT2D eigenvalue weighted by atomic mass is 9.85. The zero-order chi connectivity index (χ0) is 9.42. The first-order chi connectivity index (χ1) is 6.24. The summed E-state index contributed by atoms with van der Waals surface area (Å²) in [4.78, 5) is 11.5. The molecule has 3 unspecified atom stereocenters. The van der Waals surface area contributed by atoms with E-state index in [0.29, 0.717) is 18.4 Å². The summed E-state index contributed by atoms with van der Waals surface area (Å²) < 4.78 is 5.03. The molecule has 0 aromatic heterocycles. The van der Waals surface area contributed by atoms with Crippen molar-refractivity contribution < 1.29 is 9.53 Å². The van der Waals surface area contributed by atoms with Gasteiger partial charge in [0.1, 0.15) is 0 Å². The number of rotatable bonds is 2. The van der Waals surface area contributed by atoms with E-state index in [4.69, 9.17) is 10.5 Å². The maximum atomic E-state index is 11.5. The van der Waals surface area contributed by atoms with E-state index < -0.39 is 0 Å². The van der Waals surface area contributed by atoms with Gasteiger partial charge in [-0.3, -0.25) is 4.79 Å². The number of carbonyl (C=O) groups is 1. The van der Waals surface area contributed by atoms with E-state index in [1.165, 1.54) is 12.8 Å². The van der Waals surface area contributed by atoms with Crippen LogP contribution in [-0.4, -0.2) is 18.6 Å². The SMILES string of the molecule is CCOC(=O)[C@@H]1C2CCC(C2)C1N. The molecule has 0 amide bonds. The molecule has 3 nitrogen and oxygen atoms in total. The van der Waals surface area contributed by atoms with Crippen molar-refractivity contribution in [1.82, 2.24) is 0 Å². The molecule has 0 aromatic rings. The van der Waals surface area contributed by atoms with Gasteiger partial charge in [-0.2, -0.15) is 0 Å². The Kier molecular flexibility index (Phi) is 2.28. The lowest BCUT2D eigenvalue weighted by molar-refractivity contribution is -0.150. The number of fused-ring (bicyclic) bond motifs is 2. The number of esters is 1. The van der Waals surface area contributed by atoms with E-state index in [1.807, 2.05) is 6.92 Å². The first-order valence-corrected chi connectivity index (χ1v) is 5.16. The van der Waals surface area contributed by atoms with Crippen molar-refractivity contribution >= 4 is 5.97 Å². The van der Waals surface area contributed by atoms with Crippen molar-refractivity contribution in [3.8, 4) is 0 Å². The summed E-state index contributed by atoms with van der Waals surface area (Å²) in [6.45, 7) is 2.32. The van der Waals surface area contributed by atoms with Gasteiger partial charge in [-0.1, -0.05) is 0 Å². The van der Waals surface area contributed by atoms with Crippen LogP contribution in [0.25, 0.3) is 0 Å². The maximum absolute atomic E-state index is 11.5. The van der Waals surface area contributed by atoms with Crippen molar-refractivity contribution in [2.24, 2.45) is 23.5 Å². The first-order valence-electron chi connectivity index (χ1n) is 5.16. The monoisotopic (exact) mass is 183 g/mol. The van der Waals surface area contributed by atoms with Crippen LogP contribution in [0.4, 0.5) is 0 Å². The third kappa shape index (κ3) is 1.35. The zero-order valence-corrected chi connectivity index (χ0v) is 8.03. The Labute approximate surface area is 78.6 Å². The van der Waals surface area contributed by atoms with Crippen LogP contribution < -0.4 is 5.73 Å². The van der Waals surface area contributed by atoms with Gasteiger partial charge in [0.05, 0.1) is 12.5 Å². The molecule has 13 heavy (non-hydrogen) atoms. The molecule has 4 atom stereocenters. The molecule has 0 saturated heterocycles. The molecule has 3 heteroatoms. The van der Waals surface area contributed by atoms with Crippen LogP contribution in [0.5, 0.6) is 0 Å². The molecular formula is C10H17NO2. The Balaban J connectivity index is 2.03. The lowest BCUT2D eigenvalue weighted by Gasteiger charge is -2.25. The van der Waals surface area contributed by atoms with Crippen LogP contribution in [0.1, 0.15) is 26.2 Å². The normalized spacial score (nSPS) is 42.3. The molecular weight excluding hydrogens is 166 g/mol. The van der Waals surface area contributed by atoms with Crippen LogP contribution in [0.15, 0.2) is 0 Å². The van der Waals surface area contributed by atoms with E-state index >= 15 is 0 Å². The number of carbonyl (C=O) groups excluding carboxylic acids is 1. The Morgan fingerprint density at radius 1 is 1.46 bits per heavy atom. The topological polar surface area (TPSA) is 52.3 Å². The summed E-state index contributed by atoms with van der Waals surface area (Å²) in [5.74, 6) is 1.03. The van der Waals surface area contributed by atoms with E-state index in [1.54, 1.807) is 0 Å². The third-order valence-electron chi connectivity index (χ3n) is 3.54. The Morgan fingerprint density at radius 3 is 2.69 bits per heavy atom. The summed E-state index contributed by atoms with van der Waals surface area (Å²) in [6, 6.07) is 0.0674. The van der Waals surface area contributed by atoms with E-state index in [9.17, 15) is 4.79 Å². The van der Waals surface area contributed by atoms with Crippen molar-refractivity contribution in [3.63, 3.8) is 0 Å². The molecule has 2 aliphatic carbocycles. The molecule has 2 aliphatic rings. The highest BCUT2D eigenvalue weighted by molar-refractivity contribution is 5.74. The molecule has 2 bridgehead atoms. The summed E-state index contributed by atoms with van der Waals surface area (Å²) >= 11 is 0. The average Bonchev–Trinajstić information content (AvgIpc) is 2.63. The summed E-state index contributed by atoms with van der Waals surface area (Å²) in [7, 11) is 0. The fourth-order valence-corrected chi connectivity index (χ4v) is 2.92. The van der Waals surface area contributed by atoms with Crippen molar-refractivity contribution in [3.05, 3.63) is 0 Å². The molecule has 2 saturated carbocycles. The zero-order valence-electron chi connectivity index (χ0n) is 8.03. The summed E-state index contributed by atoms with van der Waals surface area (Å²) in [5, 5.41) is 0. The highest BCUT2D eigenvalue weighted by atomic mass is 16.5. The van der Waals surface area contributed by atoms with Gasteiger partial charge >= 0.3 is 5.97 Å². The molecule has 74 valence electrons. The highest BCUT2D eigenvalue weighted by Gasteiger charge is 2.49. The quantitative estimate of drug-likeness (QED) is 0.648. The Bertz CT molecular complexity index is 215. The second-order valence-corrected chi connectivity index (χ2v) is 4.19. The Hall–Kier alpha value is -0.570. The van der Waals surface area contributed by atoms with Gasteiger partial charge in [0.2, 0.25) is 0 Å². The third-order valence-corrected chi connectivity index (χ3v) is 3.54. The van der Waals surface area contributed by atoms with Crippen LogP contribution >= 0.6 is 0 Å². The van der Waals surface area contributed by atoms with E-state index in [0.717, 1.165) is 6.42 Å². The fraction of sp³-hybridized carbons (Fsp3) is 0.900. The second kappa shape index (κ2) is 3.29. The van der Waals surface area contributed by atoms with Gasteiger partial charge in [0, 0.05) is 6.04 Å². The standard InChI is InChI=1S/C10H17NO2/c1-2-13-10(12)8-6-3-4-7(5-6)9(8)11/h6-9H,2-5,11H2,1H3/t6?,7?,8-,9?/m1/s1. The van der Waals surface area contributed by atoms with Crippen molar-refractivity contribution in [2.75, 3.05) is 6.61 Å².